The molecule has 0 aliphatic rings. The lowest BCUT2D eigenvalue weighted by atomic mass is 10.2. The van der Waals surface area contributed by atoms with Gasteiger partial charge in [0.1, 0.15) is 5.82 Å². The summed E-state index contributed by atoms with van der Waals surface area (Å²) in [5.74, 6) is 0.854. The molecule has 1 aromatic carbocycles. The highest BCUT2D eigenvalue weighted by Gasteiger charge is 2.10. The van der Waals surface area contributed by atoms with E-state index in [0.717, 1.165) is 21.4 Å². The Hall–Kier alpha value is -1.32. The van der Waals surface area contributed by atoms with E-state index >= 15 is 0 Å². The van der Waals surface area contributed by atoms with Gasteiger partial charge in [0.2, 0.25) is 0 Å². The number of nitrogens with zero attached hydrogens (tertiary/aromatic N) is 2. The van der Waals surface area contributed by atoms with Gasteiger partial charge in [-0.3, -0.25) is 4.40 Å². The fourth-order valence-electron chi connectivity index (χ4n) is 1.83. The third-order valence-electron chi connectivity index (χ3n) is 2.59. The SMILES string of the molecule is Clc1nc(-c2cccc(Br)c2)n2ccccc12. The predicted molar refractivity (Wildman–Crippen MR) is 73.3 cm³/mol. The molecule has 0 amide bonds. The number of imidazole rings is 1. The van der Waals surface area contributed by atoms with Crippen LogP contribution in [0, 0.1) is 0 Å². The van der Waals surface area contributed by atoms with Gasteiger partial charge in [0.15, 0.2) is 5.15 Å². The quantitative estimate of drug-likeness (QED) is 0.650. The van der Waals surface area contributed by atoms with Crippen molar-refractivity contribution in [2.45, 2.75) is 0 Å². The van der Waals surface area contributed by atoms with Crippen LogP contribution in [0.2, 0.25) is 5.15 Å². The van der Waals surface area contributed by atoms with Gasteiger partial charge in [0.05, 0.1) is 5.52 Å². The number of pyridine rings is 1. The molecule has 0 fully saturated rings. The molecule has 17 heavy (non-hydrogen) atoms. The molecule has 4 heteroatoms. The molecule has 0 unspecified atom stereocenters. The summed E-state index contributed by atoms with van der Waals surface area (Å²) in [4.78, 5) is 4.41. The summed E-state index contributed by atoms with van der Waals surface area (Å²) in [5.41, 5.74) is 1.96. The maximum Gasteiger partial charge on any atom is 0.155 e. The Morgan fingerprint density at radius 1 is 1.12 bits per heavy atom. The third kappa shape index (κ3) is 1.85. The minimum atomic E-state index is 0.528. The zero-order valence-electron chi connectivity index (χ0n) is 8.77. The molecule has 3 aromatic rings. The number of hydrogen-bond acceptors (Lipinski definition) is 1. The van der Waals surface area contributed by atoms with Crippen LogP contribution in [0.15, 0.2) is 53.1 Å². The Labute approximate surface area is 112 Å². The molecule has 0 aliphatic heterocycles. The van der Waals surface area contributed by atoms with Crippen molar-refractivity contribution >= 4 is 33.0 Å². The van der Waals surface area contributed by atoms with Crippen LogP contribution in [0.25, 0.3) is 16.9 Å². The van der Waals surface area contributed by atoms with Crippen LogP contribution in [-0.2, 0) is 0 Å². The molecule has 0 N–H and O–H groups in total. The minimum Gasteiger partial charge on any atom is -0.298 e. The molecular formula is C13H8BrClN2. The summed E-state index contributed by atoms with van der Waals surface area (Å²) < 4.78 is 3.02. The predicted octanol–water partition coefficient (Wildman–Crippen LogP) is 4.42. The van der Waals surface area contributed by atoms with E-state index in [0.29, 0.717) is 5.15 Å². The van der Waals surface area contributed by atoms with Crippen LogP contribution >= 0.6 is 27.5 Å². The van der Waals surface area contributed by atoms with Crippen molar-refractivity contribution in [3.63, 3.8) is 0 Å². The first-order chi connectivity index (χ1) is 8.25. The van der Waals surface area contributed by atoms with E-state index in [1.807, 2.05) is 53.1 Å². The minimum absolute atomic E-state index is 0.528. The average molecular weight is 308 g/mol. The summed E-state index contributed by atoms with van der Waals surface area (Å²) in [6.45, 7) is 0. The van der Waals surface area contributed by atoms with Crippen molar-refractivity contribution in [2.24, 2.45) is 0 Å². The molecule has 0 spiro atoms. The van der Waals surface area contributed by atoms with Crippen molar-refractivity contribution < 1.29 is 0 Å². The standard InChI is InChI=1S/C13H8BrClN2/c14-10-5-3-4-9(8-10)13-16-12(15)11-6-1-2-7-17(11)13/h1-8H. The molecular weight excluding hydrogens is 300 g/mol. The van der Waals surface area contributed by atoms with Gasteiger partial charge in [-0.25, -0.2) is 4.98 Å². The van der Waals surface area contributed by atoms with E-state index in [-0.39, 0.29) is 0 Å². The van der Waals surface area contributed by atoms with E-state index in [4.69, 9.17) is 11.6 Å². The lowest BCUT2D eigenvalue weighted by Gasteiger charge is -2.01. The molecule has 84 valence electrons. The van der Waals surface area contributed by atoms with Gasteiger partial charge in [0, 0.05) is 16.2 Å². The van der Waals surface area contributed by atoms with E-state index in [1.54, 1.807) is 0 Å². The summed E-state index contributed by atoms with van der Waals surface area (Å²) >= 11 is 9.58. The zero-order valence-corrected chi connectivity index (χ0v) is 11.1. The van der Waals surface area contributed by atoms with Gasteiger partial charge in [-0.1, -0.05) is 45.7 Å². The van der Waals surface area contributed by atoms with Gasteiger partial charge in [-0.15, -0.1) is 0 Å². The van der Waals surface area contributed by atoms with Gasteiger partial charge < -0.3 is 0 Å². The zero-order chi connectivity index (χ0) is 11.8. The van der Waals surface area contributed by atoms with Gasteiger partial charge in [0.25, 0.3) is 0 Å². The number of fused-ring (bicyclic) bond motifs is 1. The maximum absolute atomic E-state index is 6.12. The van der Waals surface area contributed by atoms with Crippen LogP contribution in [0.4, 0.5) is 0 Å². The Kier molecular flexibility index (Phi) is 2.65. The fraction of sp³-hybridized carbons (Fsp3) is 0. The second kappa shape index (κ2) is 4.17. The molecule has 2 aromatic heterocycles. The monoisotopic (exact) mass is 306 g/mol. The van der Waals surface area contributed by atoms with Gasteiger partial charge >= 0.3 is 0 Å². The van der Waals surface area contributed by atoms with Gasteiger partial charge in [-0.2, -0.15) is 0 Å². The molecule has 2 heterocycles. The van der Waals surface area contributed by atoms with Crippen molar-refractivity contribution in [1.82, 2.24) is 9.38 Å². The summed E-state index contributed by atoms with van der Waals surface area (Å²) in [5, 5.41) is 0.528. The Morgan fingerprint density at radius 2 is 2.00 bits per heavy atom. The summed E-state index contributed by atoms with van der Waals surface area (Å²) in [6, 6.07) is 13.9. The average Bonchev–Trinajstić information content (AvgIpc) is 2.68. The van der Waals surface area contributed by atoms with Crippen molar-refractivity contribution in [3.8, 4) is 11.4 Å². The molecule has 3 rings (SSSR count). The molecule has 2 nitrogen and oxygen atoms in total. The van der Waals surface area contributed by atoms with Gasteiger partial charge in [-0.05, 0) is 24.3 Å². The highest BCUT2D eigenvalue weighted by molar-refractivity contribution is 9.10. The Balaban J connectivity index is 2.31. The molecule has 0 saturated carbocycles. The lowest BCUT2D eigenvalue weighted by Crippen LogP contribution is -1.88. The summed E-state index contributed by atoms with van der Waals surface area (Å²) in [6.07, 6.45) is 1.96. The summed E-state index contributed by atoms with van der Waals surface area (Å²) in [7, 11) is 0. The second-order valence-corrected chi connectivity index (χ2v) is 4.97. The molecule has 0 atom stereocenters. The molecule has 0 saturated heterocycles. The highest BCUT2D eigenvalue weighted by atomic mass is 79.9. The van der Waals surface area contributed by atoms with Crippen LogP contribution in [0.1, 0.15) is 0 Å². The smallest absolute Gasteiger partial charge is 0.155 e. The first-order valence-corrected chi connectivity index (χ1v) is 6.31. The van der Waals surface area contributed by atoms with E-state index in [2.05, 4.69) is 20.9 Å². The number of benzene rings is 1. The Bertz CT molecular complexity index is 691. The first kappa shape index (κ1) is 10.8. The first-order valence-electron chi connectivity index (χ1n) is 5.14. The highest BCUT2D eigenvalue weighted by Crippen LogP contribution is 2.27. The van der Waals surface area contributed by atoms with Crippen LogP contribution in [0.5, 0.6) is 0 Å². The van der Waals surface area contributed by atoms with Crippen LogP contribution < -0.4 is 0 Å². The number of aromatic nitrogens is 2. The maximum atomic E-state index is 6.12. The van der Waals surface area contributed by atoms with E-state index in [1.165, 1.54) is 0 Å². The number of rotatable bonds is 1. The molecule has 0 aliphatic carbocycles. The van der Waals surface area contributed by atoms with Crippen molar-refractivity contribution in [2.75, 3.05) is 0 Å². The van der Waals surface area contributed by atoms with Crippen molar-refractivity contribution in [1.29, 1.82) is 0 Å². The Morgan fingerprint density at radius 3 is 2.82 bits per heavy atom. The van der Waals surface area contributed by atoms with E-state index < -0.39 is 0 Å². The molecule has 0 radical (unpaired) electrons. The van der Waals surface area contributed by atoms with Crippen LogP contribution in [-0.4, -0.2) is 9.38 Å². The topological polar surface area (TPSA) is 17.3 Å². The third-order valence-corrected chi connectivity index (χ3v) is 3.36. The number of hydrogen-bond donors (Lipinski definition) is 0. The normalized spacial score (nSPS) is 10.9. The van der Waals surface area contributed by atoms with Crippen LogP contribution in [0.3, 0.4) is 0 Å². The lowest BCUT2D eigenvalue weighted by molar-refractivity contribution is 1.16. The fourth-order valence-corrected chi connectivity index (χ4v) is 2.46. The number of halogens is 2. The second-order valence-electron chi connectivity index (χ2n) is 3.69. The van der Waals surface area contributed by atoms with E-state index in [9.17, 15) is 0 Å². The molecule has 0 bridgehead atoms. The largest absolute Gasteiger partial charge is 0.298 e. The van der Waals surface area contributed by atoms with Crippen molar-refractivity contribution in [3.05, 3.63) is 58.3 Å².